The molecule has 5 heteroatoms. The minimum atomic E-state index is 0.305. The number of rotatable bonds is 4. The van der Waals surface area contributed by atoms with Crippen molar-refractivity contribution in [2.24, 2.45) is 5.92 Å². The van der Waals surface area contributed by atoms with Gasteiger partial charge in [0.25, 0.3) is 0 Å². The van der Waals surface area contributed by atoms with Crippen molar-refractivity contribution >= 4 is 5.91 Å². The number of hydrogen-bond donors (Lipinski definition) is 0. The molecule has 1 unspecified atom stereocenters. The standard InChI is InChI=1S/C22H28N4O/c1-17-7-12-25(15-17)16-21(27)26-13-8-19(9-14-26)18-3-5-20(6-4-18)22-23-10-2-11-24-22/h2-6,10-11,17,19H,7-9,12-16H2,1H3. The molecule has 27 heavy (non-hydrogen) atoms. The topological polar surface area (TPSA) is 49.3 Å². The van der Waals surface area contributed by atoms with Crippen LogP contribution in [0.4, 0.5) is 0 Å². The summed E-state index contributed by atoms with van der Waals surface area (Å²) in [5.74, 6) is 2.33. The third-order valence-corrected chi connectivity index (χ3v) is 5.92. The molecule has 2 fully saturated rings. The lowest BCUT2D eigenvalue weighted by molar-refractivity contribution is -0.133. The Balaban J connectivity index is 1.30. The van der Waals surface area contributed by atoms with Gasteiger partial charge in [-0.1, -0.05) is 31.2 Å². The maximum atomic E-state index is 12.6. The number of aromatic nitrogens is 2. The predicted octanol–water partition coefficient (Wildman–Crippen LogP) is 3.19. The molecule has 4 rings (SSSR count). The van der Waals surface area contributed by atoms with Gasteiger partial charge in [0, 0.05) is 37.6 Å². The van der Waals surface area contributed by atoms with Gasteiger partial charge in [-0.05, 0) is 49.3 Å². The van der Waals surface area contributed by atoms with Crippen LogP contribution >= 0.6 is 0 Å². The van der Waals surface area contributed by atoms with Crippen molar-refractivity contribution < 1.29 is 4.79 Å². The lowest BCUT2D eigenvalue weighted by Crippen LogP contribution is -2.43. The zero-order valence-corrected chi connectivity index (χ0v) is 16.1. The van der Waals surface area contributed by atoms with Gasteiger partial charge in [0.1, 0.15) is 0 Å². The summed E-state index contributed by atoms with van der Waals surface area (Å²) >= 11 is 0. The van der Waals surface area contributed by atoms with E-state index in [-0.39, 0.29) is 0 Å². The van der Waals surface area contributed by atoms with E-state index in [1.54, 1.807) is 12.4 Å². The summed E-state index contributed by atoms with van der Waals surface area (Å²) in [6.07, 6.45) is 6.85. The second-order valence-corrected chi connectivity index (χ2v) is 7.98. The Morgan fingerprint density at radius 2 is 1.74 bits per heavy atom. The molecule has 0 radical (unpaired) electrons. The van der Waals surface area contributed by atoms with Gasteiger partial charge in [0.2, 0.25) is 5.91 Å². The quantitative estimate of drug-likeness (QED) is 0.836. The average molecular weight is 364 g/mol. The Morgan fingerprint density at radius 3 is 2.37 bits per heavy atom. The average Bonchev–Trinajstić information content (AvgIpc) is 3.13. The van der Waals surface area contributed by atoms with Crippen LogP contribution < -0.4 is 0 Å². The SMILES string of the molecule is CC1CCN(CC(=O)N2CCC(c3ccc(-c4ncccn4)cc3)CC2)C1. The minimum absolute atomic E-state index is 0.305. The first-order valence-electron chi connectivity index (χ1n) is 10.1. The lowest BCUT2D eigenvalue weighted by Gasteiger charge is -2.33. The monoisotopic (exact) mass is 364 g/mol. The van der Waals surface area contributed by atoms with Crippen molar-refractivity contribution in [1.29, 1.82) is 0 Å². The van der Waals surface area contributed by atoms with E-state index in [0.29, 0.717) is 18.4 Å². The van der Waals surface area contributed by atoms with Crippen molar-refractivity contribution in [1.82, 2.24) is 19.8 Å². The fourth-order valence-corrected chi connectivity index (χ4v) is 4.28. The first kappa shape index (κ1) is 18.1. The van der Waals surface area contributed by atoms with Crippen LogP contribution in [0.3, 0.4) is 0 Å². The highest BCUT2D eigenvalue weighted by molar-refractivity contribution is 5.78. The minimum Gasteiger partial charge on any atom is -0.342 e. The number of likely N-dealkylation sites (tertiary alicyclic amines) is 2. The Bertz CT molecular complexity index is 754. The predicted molar refractivity (Wildman–Crippen MR) is 106 cm³/mol. The van der Waals surface area contributed by atoms with Gasteiger partial charge in [-0.3, -0.25) is 9.69 Å². The van der Waals surface area contributed by atoms with Crippen LogP contribution in [0.5, 0.6) is 0 Å². The molecule has 0 bridgehead atoms. The van der Waals surface area contributed by atoms with Crippen LogP contribution in [0.1, 0.15) is 37.7 Å². The molecule has 0 N–H and O–H groups in total. The third-order valence-electron chi connectivity index (χ3n) is 5.92. The molecule has 0 aliphatic carbocycles. The van der Waals surface area contributed by atoms with Crippen molar-refractivity contribution in [3.05, 3.63) is 48.3 Å². The van der Waals surface area contributed by atoms with Crippen molar-refractivity contribution in [3.8, 4) is 11.4 Å². The summed E-state index contributed by atoms with van der Waals surface area (Å²) < 4.78 is 0. The Labute approximate surface area is 161 Å². The van der Waals surface area contributed by atoms with E-state index < -0.39 is 0 Å². The molecule has 5 nitrogen and oxygen atoms in total. The zero-order valence-electron chi connectivity index (χ0n) is 16.1. The van der Waals surface area contributed by atoms with Gasteiger partial charge >= 0.3 is 0 Å². The summed E-state index contributed by atoms with van der Waals surface area (Å²) in [7, 11) is 0. The first-order chi connectivity index (χ1) is 13.2. The van der Waals surface area contributed by atoms with E-state index in [2.05, 4.69) is 51.0 Å². The van der Waals surface area contributed by atoms with Crippen LogP contribution in [0, 0.1) is 5.92 Å². The van der Waals surface area contributed by atoms with E-state index in [1.807, 2.05) is 6.07 Å². The molecule has 2 aliphatic heterocycles. The fraction of sp³-hybridized carbons (Fsp3) is 0.500. The number of piperidine rings is 1. The largest absolute Gasteiger partial charge is 0.342 e. The molecule has 1 atom stereocenters. The third kappa shape index (κ3) is 4.35. The molecule has 142 valence electrons. The van der Waals surface area contributed by atoms with Crippen LogP contribution in [-0.2, 0) is 4.79 Å². The van der Waals surface area contributed by atoms with Gasteiger partial charge in [0.15, 0.2) is 5.82 Å². The van der Waals surface area contributed by atoms with Crippen LogP contribution in [0.25, 0.3) is 11.4 Å². The number of hydrogen-bond acceptors (Lipinski definition) is 4. The molecule has 2 saturated heterocycles. The summed E-state index contributed by atoms with van der Waals surface area (Å²) in [4.78, 5) is 25.6. The number of carbonyl (C=O) groups excluding carboxylic acids is 1. The Kier molecular flexibility index (Phi) is 5.48. The van der Waals surface area contributed by atoms with E-state index in [9.17, 15) is 4.79 Å². The molecule has 2 aliphatic rings. The van der Waals surface area contributed by atoms with Gasteiger partial charge in [-0.2, -0.15) is 0 Å². The van der Waals surface area contributed by atoms with E-state index in [4.69, 9.17) is 0 Å². The summed E-state index contributed by atoms with van der Waals surface area (Å²) in [5, 5.41) is 0. The van der Waals surface area contributed by atoms with Crippen molar-refractivity contribution in [2.45, 2.75) is 32.1 Å². The summed E-state index contributed by atoms with van der Waals surface area (Å²) in [5.41, 5.74) is 2.40. The van der Waals surface area contributed by atoms with Crippen LogP contribution in [-0.4, -0.2) is 58.4 Å². The van der Waals surface area contributed by atoms with Gasteiger partial charge in [-0.15, -0.1) is 0 Å². The van der Waals surface area contributed by atoms with E-state index in [0.717, 1.165) is 56.3 Å². The van der Waals surface area contributed by atoms with Gasteiger partial charge in [0.05, 0.1) is 6.54 Å². The molecule has 1 amide bonds. The summed E-state index contributed by atoms with van der Waals surface area (Å²) in [6.45, 7) is 6.75. The highest BCUT2D eigenvalue weighted by Crippen LogP contribution is 2.29. The van der Waals surface area contributed by atoms with Crippen molar-refractivity contribution in [3.63, 3.8) is 0 Å². The number of carbonyl (C=O) groups is 1. The highest BCUT2D eigenvalue weighted by atomic mass is 16.2. The molecule has 1 aromatic carbocycles. The fourth-order valence-electron chi connectivity index (χ4n) is 4.28. The lowest BCUT2D eigenvalue weighted by atomic mass is 9.89. The maximum Gasteiger partial charge on any atom is 0.236 e. The van der Waals surface area contributed by atoms with E-state index in [1.165, 1.54) is 12.0 Å². The first-order valence-corrected chi connectivity index (χ1v) is 10.1. The maximum absolute atomic E-state index is 12.6. The number of nitrogens with zero attached hydrogens (tertiary/aromatic N) is 4. The number of amides is 1. The molecule has 1 aromatic heterocycles. The second-order valence-electron chi connectivity index (χ2n) is 7.98. The van der Waals surface area contributed by atoms with Crippen LogP contribution in [0.15, 0.2) is 42.7 Å². The highest BCUT2D eigenvalue weighted by Gasteiger charge is 2.27. The smallest absolute Gasteiger partial charge is 0.236 e. The van der Waals surface area contributed by atoms with Gasteiger partial charge in [-0.25, -0.2) is 9.97 Å². The van der Waals surface area contributed by atoms with E-state index >= 15 is 0 Å². The molecule has 0 saturated carbocycles. The van der Waals surface area contributed by atoms with Gasteiger partial charge < -0.3 is 4.90 Å². The second kappa shape index (κ2) is 8.17. The summed E-state index contributed by atoms with van der Waals surface area (Å²) in [6, 6.07) is 10.4. The molecular formula is C22H28N4O. The molecule has 3 heterocycles. The molecular weight excluding hydrogens is 336 g/mol. The normalized spacial score (nSPS) is 21.5. The van der Waals surface area contributed by atoms with Crippen LogP contribution in [0.2, 0.25) is 0 Å². The Hall–Kier alpha value is -2.27. The zero-order chi connectivity index (χ0) is 18.6. The van der Waals surface area contributed by atoms with Crippen molar-refractivity contribution in [2.75, 3.05) is 32.7 Å². The molecule has 0 spiro atoms. The molecule has 2 aromatic rings. The Morgan fingerprint density at radius 1 is 1.04 bits per heavy atom. The number of benzene rings is 1.